The second-order valence-corrected chi connectivity index (χ2v) is 2.42. The van der Waals surface area contributed by atoms with Crippen LogP contribution in [0.3, 0.4) is 0 Å². The third-order valence-electron chi connectivity index (χ3n) is 1.59. The van der Waals surface area contributed by atoms with Crippen molar-refractivity contribution in [1.29, 1.82) is 0 Å². The lowest BCUT2D eigenvalue weighted by Crippen LogP contribution is -2.05. The molecule has 1 aromatic heterocycles. The van der Waals surface area contributed by atoms with Crippen molar-refractivity contribution in [2.75, 3.05) is 12.8 Å². The van der Waals surface area contributed by atoms with Gasteiger partial charge in [-0.1, -0.05) is 0 Å². The lowest BCUT2D eigenvalue weighted by Gasteiger charge is -2.03. The van der Waals surface area contributed by atoms with E-state index in [0.29, 0.717) is 5.56 Å². The van der Waals surface area contributed by atoms with Crippen LogP contribution in [0.15, 0.2) is 12.3 Å². The first kappa shape index (κ1) is 9.47. The Bertz CT molecular complexity index is 325. The van der Waals surface area contributed by atoms with E-state index in [1.165, 1.54) is 19.4 Å². The predicted molar refractivity (Wildman–Crippen MR) is 45.9 cm³/mol. The molecule has 70 valence electrons. The van der Waals surface area contributed by atoms with Gasteiger partial charge in [0.05, 0.1) is 19.3 Å². The number of anilines is 1. The predicted octanol–water partition coefficient (Wildman–Crippen LogP) is -0.0573. The Morgan fingerprint density at radius 2 is 2.46 bits per heavy atom. The Labute approximate surface area is 75.2 Å². The number of hydrogen-bond donors (Lipinski definition) is 2. The lowest BCUT2D eigenvalue weighted by atomic mass is 10.2. The highest BCUT2D eigenvalue weighted by atomic mass is 16.5. The van der Waals surface area contributed by atoms with Crippen molar-refractivity contribution in [3.05, 3.63) is 23.4 Å². The molecule has 0 fully saturated rings. The number of aromatic nitrogens is 1. The molecule has 13 heavy (non-hydrogen) atoms. The molecule has 0 saturated heterocycles. The van der Waals surface area contributed by atoms with Crippen LogP contribution in [0.2, 0.25) is 0 Å². The van der Waals surface area contributed by atoms with E-state index in [9.17, 15) is 4.79 Å². The summed E-state index contributed by atoms with van der Waals surface area (Å²) in [5.74, 6) is -0.280. The second-order valence-electron chi connectivity index (χ2n) is 2.42. The first-order valence-electron chi connectivity index (χ1n) is 3.62. The van der Waals surface area contributed by atoms with E-state index in [1.54, 1.807) is 0 Å². The molecule has 0 spiro atoms. The molecule has 0 amide bonds. The minimum absolute atomic E-state index is 0.218. The fraction of sp³-hybridized carbons (Fsp3) is 0.250. The highest BCUT2D eigenvalue weighted by Gasteiger charge is 2.08. The number of esters is 1. The zero-order valence-electron chi connectivity index (χ0n) is 7.15. The van der Waals surface area contributed by atoms with E-state index in [-0.39, 0.29) is 18.0 Å². The van der Waals surface area contributed by atoms with Crippen molar-refractivity contribution in [3.8, 4) is 0 Å². The number of hydrogen-bond acceptors (Lipinski definition) is 5. The van der Waals surface area contributed by atoms with Crippen LogP contribution in [-0.2, 0) is 11.3 Å². The topological polar surface area (TPSA) is 85.4 Å². The van der Waals surface area contributed by atoms with Crippen LogP contribution in [0, 0.1) is 0 Å². The van der Waals surface area contributed by atoms with Crippen LogP contribution in [0.4, 0.5) is 5.82 Å². The minimum atomic E-state index is -0.498. The maximum absolute atomic E-state index is 11.0. The SMILES string of the molecule is COC(=O)c1cnc(N)c(CO)c1. The van der Waals surface area contributed by atoms with Crippen molar-refractivity contribution in [1.82, 2.24) is 4.98 Å². The number of carbonyl (C=O) groups excluding carboxylic acids is 1. The molecule has 0 aliphatic rings. The fourth-order valence-corrected chi connectivity index (χ4v) is 0.877. The number of pyridine rings is 1. The van der Waals surface area contributed by atoms with Crippen LogP contribution in [-0.4, -0.2) is 23.2 Å². The number of rotatable bonds is 2. The van der Waals surface area contributed by atoms with Gasteiger partial charge in [0.2, 0.25) is 0 Å². The number of aliphatic hydroxyl groups is 1. The summed E-state index contributed by atoms with van der Waals surface area (Å²) in [7, 11) is 1.28. The average molecular weight is 182 g/mol. The molecule has 0 saturated carbocycles. The molecule has 0 aliphatic carbocycles. The molecule has 0 aromatic carbocycles. The van der Waals surface area contributed by atoms with Gasteiger partial charge in [-0.15, -0.1) is 0 Å². The summed E-state index contributed by atoms with van der Waals surface area (Å²) in [6, 6.07) is 1.45. The molecule has 1 aromatic rings. The van der Waals surface area contributed by atoms with E-state index >= 15 is 0 Å². The molecule has 0 aliphatic heterocycles. The highest BCUT2D eigenvalue weighted by molar-refractivity contribution is 5.89. The number of nitrogens with zero attached hydrogens (tertiary/aromatic N) is 1. The normalized spacial score (nSPS) is 9.69. The van der Waals surface area contributed by atoms with Gasteiger partial charge in [0, 0.05) is 11.8 Å². The van der Waals surface area contributed by atoms with Crippen LogP contribution < -0.4 is 5.73 Å². The summed E-state index contributed by atoms with van der Waals surface area (Å²) < 4.78 is 4.47. The molecule has 0 unspecified atom stereocenters. The molecule has 1 heterocycles. The average Bonchev–Trinajstić information content (AvgIpc) is 2.17. The van der Waals surface area contributed by atoms with E-state index in [0.717, 1.165) is 0 Å². The maximum atomic E-state index is 11.0. The number of ether oxygens (including phenoxy) is 1. The Hall–Kier alpha value is -1.62. The first-order valence-corrected chi connectivity index (χ1v) is 3.62. The van der Waals surface area contributed by atoms with Gasteiger partial charge < -0.3 is 15.6 Å². The van der Waals surface area contributed by atoms with E-state index in [2.05, 4.69) is 9.72 Å². The summed E-state index contributed by atoms with van der Waals surface area (Å²) in [4.78, 5) is 14.7. The number of nitrogen functional groups attached to an aromatic ring is 1. The van der Waals surface area contributed by atoms with Crippen molar-refractivity contribution in [2.45, 2.75) is 6.61 Å². The molecule has 3 N–H and O–H groups in total. The third-order valence-corrected chi connectivity index (χ3v) is 1.59. The summed E-state index contributed by atoms with van der Waals surface area (Å²) in [5.41, 5.74) is 6.12. The van der Waals surface area contributed by atoms with Gasteiger partial charge in [-0.05, 0) is 6.07 Å². The van der Waals surface area contributed by atoms with Gasteiger partial charge in [-0.25, -0.2) is 9.78 Å². The van der Waals surface area contributed by atoms with Gasteiger partial charge >= 0.3 is 5.97 Å². The fourth-order valence-electron chi connectivity index (χ4n) is 0.877. The molecule has 0 bridgehead atoms. The number of aliphatic hydroxyl groups excluding tert-OH is 1. The highest BCUT2D eigenvalue weighted by Crippen LogP contribution is 2.11. The van der Waals surface area contributed by atoms with Gasteiger partial charge in [-0.3, -0.25) is 0 Å². The minimum Gasteiger partial charge on any atom is -0.465 e. The van der Waals surface area contributed by atoms with Crippen molar-refractivity contribution < 1.29 is 14.6 Å². The Morgan fingerprint density at radius 1 is 1.77 bits per heavy atom. The molecular formula is C8H10N2O3. The van der Waals surface area contributed by atoms with Crippen molar-refractivity contribution in [3.63, 3.8) is 0 Å². The van der Waals surface area contributed by atoms with E-state index in [1.807, 2.05) is 0 Å². The summed E-state index contributed by atoms with van der Waals surface area (Å²) in [5, 5.41) is 8.83. The van der Waals surface area contributed by atoms with Crippen LogP contribution in [0.1, 0.15) is 15.9 Å². The molecule has 5 heteroatoms. The molecule has 0 atom stereocenters. The maximum Gasteiger partial charge on any atom is 0.339 e. The van der Waals surface area contributed by atoms with Crippen molar-refractivity contribution >= 4 is 11.8 Å². The zero-order chi connectivity index (χ0) is 9.84. The Balaban J connectivity index is 3.06. The molecule has 5 nitrogen and oxygen atoms in total. The van der Waals surface area contributed by atoms with E-state index in [4.69, 9.17) is 10.8 Å². The quantitative estimate of drug-likeness (QED) is 0.626. The summed E-state index contributed by atoms with van der Waals surface area (Å²) >= 11 is 0. The monoisotopic (exact) mass is 182 g/mol. The summed E-state index contributed by atoms with van der Waals surface area (Å²) in [6.07, 6.45) is 1.31. The lowest BCUT2D eigenvalue weighted by molar-refractivity contribution is 0.0600. The Kier molecular flexibility index (Phi) is 2.81. The van der Waals surface area contributed by atoms with Gasteiger partial charge in [0.25, 0.3) is 0 Å². The molecular weight excluding hydrogens is 172 g/mol. The first-order chi connectivity index (χ1) is 6.19. The smallest absolute Gasteiger partial charge is 0.339 e. The van der Waals surface area contributed by atoms with Crippen LogP contribution in [0.5, 0.6) is 0 Å². The van der Waals surface area contributed by atoms with Gasteiger partial charge in [0.1, 0.15) is 5.82 Å². The van der Waals surface area contributed by atoms with Gasteiger partial charge in [0.15, 0.2) is 0 Å². The number of carbonyl (C=O) groups is 1. The van der Waals surface area contributed by atoms with E-state index < -0.39 is 5.97 Å². The van der Waals surface area contributed by atoms with Crippen LogP contribution >= 0.6 is 0 Å². The standard InChI is InChI=1S/C8H10N2O3/c1-13-8(12)5-2-6(4-11)7(9)10-3-5/h2-3,11H,4H2,1H3,(H2,9,10). The number of methoxy groups -OCH3 is 1. The molecule has 0 radical (unpaired) electrons. The Morgan fingerprint density at radius 3 is 3.00 bits per heavy atom. The number of nitrogens with two attached hydrogens (primary N) is 1. The summed E-state index contributed by atoms with van der Waals surface area (Å²) in [6.45, 7) is -0.246. The largest absolute Gasteiger partial charge is 0.465 e. The van der Waals surface area contributed by atoms with Crippen LogP contribution in [0.25, 0.3) is 0 Å². The van der Waals surface area contributed by atoms with Gasteiger partial charge in [-0.2, -0.15) is 0 Å². The third kappa shape index (κ3) is 1.94. The molecule has 1 rings (SSSR count). The van der Waals surface area contributed by atoms with Crippen molar-refractivity contribution in [2.24, 2.45) is 0 Å². The zero-order valence-corrected chi connectivity index (χ0v) is 7.15. The second kappa shape index (κ2) is 3.86.